The summed E-state index contributed by atoms with van der Waals surface area (Å²) in [5, 5.41) is 71.5. The molecule has 0 aromatic rings. The van der Waals surface area contributed by atoms with Gasteiger partial charge in [-0.15, -0.1) is 0 Å². The third kappa shape index (κ3) is 12.7. The van der Waals surface area contributed by atoms with Gasteiger partial charge in [0.1, 0.15) is 24.4 Å². The van der Waals surface area contributed by atoms with Crippen molar-refractivity contribution in [2.45, 2.75) is 24.4 Å². The van der Waals surface area contributed by atoms with E-state index in [4.69, 9.17) is 20.4 Å². The molecule has 0 spiro atoms. The molecule has 22 heavy (non-hydrogen) atoms. The molecule has 0 fully saturated rings. The van der Waals surface area contributed by atoms with Crippen LogP contribution in [0.4, 0.5) is 0 Å². The number of aliphatic carboxylic acids is 4. The van der Waals surface area contributed by atoms with Gasteiger partial charge >= 0.3 is 75.8 Å². The van der Waals surface area contributed by atoms with Crippen LogP contribution in [0.5, 0.6) is 0 Å². The van der Waals surface area contributed by atoms with Gasteiger partial charge in [-0.2, -0.15) is 0 Å². The summed E-state index contributed by atoms with van der Waals surface area (Å²) in [5.41, 5.74) is 0. The molecule has 2 radical (unpaired) electrons. The molecular weight excluding hydrogens is 449 g/mol. The minimum Gasteiger partial charge on any atom is -0.547 e. The summed E-state index contributed by atoms with van der Waals surface area (Å²) in [7, 11) is 0. The molecule has 4 N–H and O–H groups in total. The van der Waals surface area contributed by atoms with E-state index in [1.54, 1.807) is 0 Å². The van der Waals surface area contributed by atoms with Crippen LogP contribution in [0.2, 0.25) is 0 Å². The molecule has 0 bridgehead atoms. The van der Waals surface area contributed by atoms with Gasteiger partial charge in [-0.3, -0.25) is 0 Å². The quantitative estimate of drug-likeness (QED) is 0.272. The molecule has 0 saturated carbocycles. The number of carboxylic acids is 4. The van der Waals surface area contributed by atoms with Crippen molar-refractivity contribution in [3.8, 4) is 0 Å². The van der Waals surface area contributed by atoms with Gasteiger partial charge in [-0.25, -0.2) is 0 Å². The first-order valence-corrected chi connectivity index (χ1v) is 4.49. The molecule has 14 heteroatoms. The Bertz CT molecular complexity index is 315. The minimum atomic E-state index is -2.44. The first kappa shape index (κ1) is 30.1. The summed E-state index contributed by atoms with van der Waals surface area (Å²) in [5.74, 6) is -8.23. The first-order chi connectivity index (χ1) is 8.93. The Hall–Kier alpha value is 0.175. The molecule has 0 aromatic carbocycles. The number of carboxylic acid groups (broad SMARTS) is 4. The molecule has 0 aromatic heterocycles. The van der Waals surface area contributed by atoms with Crippen molar-refractivity contribution in [1.82, 2.24) is 0 Å². The zero-order chi connectivity index (χ0) is 16.6. The van der Waals surface area contributed by atoms with E-state index in [2.05, 4.69) is 0 Å². The molecule has 4 atom stereocenters. The standard InChI is InChI=1S/2C4H6O6.K.Sb/c2*5-1(3(7)8)2(6)4(9)10;;/h2*1-2,5-6H,(H,7,8)(H,9,10);;/q;;+1;+3/p-4/t2*1-,2-;;/m11../s1. The molecule has 0 rings (SSSR count). The molecule has 0 amide bonds. The number of aliphatic hydroxyl groups excluding tert-OH is 4. The average Bonchev–Trinajstić information content (AvgIpc) is 2.35. The topological polar surface area (TPSA) is 241 Å². The van der Waals surface area contributed by atoms with Crippen LogP contribution in [0.3, 0.4) is 0 Å². The number of carbonyl (C=O) groups is 4. The smallest absolute Gasteiger partial charge is 0.547 e. The Morgan fingerprint density at radius 1 is 0.545 bits per heavy atom. The zero-order valence-corrected chi connectivity index (χ0v) is 16.5. The molecule has 0 aliphatic heterocycles. The van der Waals surface area contributed by atoms with Gasteiger partial charge in [0.15, 0.2) is 0 Å². The maximum absolute atomic E-state index is 9.63. The average molecular weight is 457 g/mol. The molecule has 0 heterocycles. The van der Waals surface area contributed by atoms with Crippen LogP contribution in [0.15, 0.2) is 0 Å². The van der Waals surface area contributed by atoms with Crippen molar-refractivity contribution in [3.63, 3.8) is 0 Å². The summed E-state index contributed by atoms with van der Waals surface area (Å²) in [6.45, 7) is 0. The monoisotopic (exact) mass is 456 g/mol. The largest absolute Gasteiger partial charge is 3.00 e. The maximum atomic E-state index is 9.63. The van der Waals surface area contributed by atoms with Crippen LogP contribution >= 0.6 is 0 Å². The number of hydrogen-bond donors (Lipinski definition) is 4. The molecular formula is C8H8KO12Sb. The number of hydrogen-bond acceptors (Lipinski definition) is 12. The van der Waals surface area contributed by atoms with Crippen LogP contribution in [-0.2, 0) is 19.2 Å². The van der Waals surface area contributed by atoms with Crippen molar-refractivity contribution < 1.29 is 111 Å². The predicted octanol–water partition coefficient (Wildman–Crippen LogP) is -13.0. The van der Waals surface area contributed by atoms with E-state index in [0.29, 0.717) is 0 Å². The molecule has 0 aliphatic carbocycles. The van der Waals surface area contributed by atoms with Gasteiger partial charge in [0.25, 0.3) is 0 Å². The van der Waals surface area contributed by atoms with E-state index in [1.165, 1.54) is 0 Å². The maximum Gasteiger partial charge on any atom is 3.00 e. The Kier molecular flexibility index (Phi) is 20.2. The summed E-state index contributed by atoms with van der Waals surface area (Å²) >= 11 is 0. The summed E-state index contributed by atoms with van der Waals surface area (Å²) in [4.78, 5) is 38.5. The number of carbonyl (C=O) groups excluding carboxylic acids is 4. The van der Waals surface area contributed by atoms with Crippen LogP contribution < -0.4 is 71.8 Å². The molecule has 0 unspecified atom stereocenters. The van der Waals surface area contributed by atoms with Crippen LogP contribution in [0.1, 0.15) is 0 Å². The molecule has 12 nitrogen and oxygen atoms in total. The van der Waals surface area contributed by atoms with Crippen LogP contribution in [0.25, 0.3) is 0 Å². The van der Waals surface area contributed by atoms with Gasteiger partial charge < -0.3 is 60.0 Å². The number of aliphatic hydroxyl groups is 4. The fraction of sp³-hybridized carbons (Fsp3) is 0.500. The van der Waals surface area contributed by atoms with Gasteiger partial charge in [0.05, 0.1) is 23.9 Å². The van der Waals surface area contributed by atoms with Crippen LogP contribution in [-0.4, -0.2) is 93.1 Å². The molecule has 118 valence electrons. The third-order valence-electron chi connectivity index (χ3n) is 1.56. The minimum absolute atomic E-state index is 0. The summed E-state index contributed by atoms with van der Waals surface area (Å²) in [6, 6.07) is 0. The normalized spacial score (nSPS) is 14.4. The second-order valence-electron chi connectivity index (χ2n) is 3.06. The predicted molar refractivity (Wildman–Crippen MR) is 49.8 cm³/mol. The van der Waals surface area contributed by atoms with Crippen molar-refractivity contribution in [2.75, 3.05) is 0 Å². The SMILES string of the molecule is O=C([O-])[C@H](O)[C@@H](O)C(=O)[O-].O=C([O-])[C@H](O)[C@@H](O)C(=O)[O-].[K+].[Sb+3]. The fourth-order valence-corrected chi connectivity index (χ4v) is 0.516. The number of rotatable bonds is 6. The Labute approximate surface area is 182 Å². The van der Waals surface area contributed by atoms with Crippen molar-refractivity contribution in [3.05, 3.63) is 0 Å². The van der Waals surface area contributed by atoms with E-state index < -0.39 is 48.3 Å². The summed E-state index contributed by atoms with van der Waals surface area (Å²) < 4.78 is 0. The Morgan fingerprint density at radius 3 is 0.682 bits per heavy atom. The van der Waals surface area contributed by atoms with Gasteiger partial charge in [0.2, 0.25) is 0 Å². The molecule has 0 saturated heterocycles. The van der Waals surface area contributed by atoms with Crippen molar-refractivity contribution >= 4 is 48.3 Å². The fourth-order valence-electron chi connectivity index (χ4n) is 0.516. The first-order valence-electron chi connectivity index (χ1n) is 4.49. The van der Waals surface area contributed by atoms with Crippen LogP contribution in [0, 0.1) is 0 Å². The zero-order valence-electron chi connectivity index (χ0n) is 10.8. The van der Waals surface area contributed by atoms with E-state index in [0.717, 1.165) is 0 Å². The second kappa shape index (κ2) is 14.7. The third-order valence-corrected chi connectivity index (χ3v) is 1.56. The Morgan fingerprint density at radius 2 is 0.636 bits per heavy atom. The summed E-state index contributed by atoms with van der Waals surface area (Å²) in [6.07, 6.45) is -9.76. The van der Waals surface area contributed by atoms with Crippen molar-refractivity contribution in [2.24, 2.45) is 0 Å². The van der Waals surface area contributed by atoms with E-state index in [-0.39, 0.29) is 75.8 Å². The van der Waals surface area contributed by atoms with E-state index in [9.17, 15) is 39.6 Å². The van der Waals surface area contributed by atoms with E-state index >= 15 is 0 Å². The van der Waals surface area contributed by atoms with Crippen molar-refractivity contribution in [1.29, 1.82) is 0 Å². The van der Waals surface area contributed by atoms with Gasteiger partial charge in [0, 0.05) is 0 Å². The molecule has 0 aliphatic rings. The van der Waals surface area contributed by atoms with Gasteiger partial charge in [-0.1, -0.05) is 0 Å². The van der Waals surface area contributed by atoms with E-state index in [1.807, 2.05) is 0 Å². The van der Waals surface area contributed by atoms with Gasteiger partial charge in [-0.05, 0) is 0 Å². The second-order valence-corrected chi connectivity index (χ2v) is 3.06. The Balaban J connectivity index is -0.000000135.